The molecule has 0 N–H and O–H groups in total. The minimum atomic E-state index is -4.25. The molecule has 3 unspecified atom stereocenters. The van der Waals surface area contributed by atoms with E-state index in [1.807, 2.05) is 0 Å². The van der Waals surface area contributed by atoms with Gasteiger partial charge in [-0.2, -0.15) is 18.4 Å². The summed E-state index contributed by atoms with van der Waals surface area (Å²) in [7, 11) is 0. The van der Waals surface area contributed by atoms with Crippen molar-refractivity contribution in [2.45, 2.75) is 30.8 Å². The Bertz CT molecular complexity index is 220. The van der Waals surface area contributed by atoms with E-state index in [2.05, 4.69) is 0 Å². The fourth-order valence-corrected chi connectivity index (χ4v) is 1.97. The third-order valence-corrected chi connectivity index (χ3v) is 2.77. The molecule has 0 heterocycles. The lowest BCUT2D eigenvalue weighted by atomic mass is 9.79. The van der Waals surface area contributed by atoms with E-state index in [1.54, 1.807) is 6.07 Å². The van der Waals surface area contributed by atoms with Crippen LogP contribution in [0.4, 0.5) is 13.2 Å². The summed E-state index contributed by atoms with van der Waals surface area (Å²) in [6, 6.07) is 1.69. The summed E-state index contributed by atoms with van der Waals surface area (Å²) in [6.07, 6.45) is -3.76. The molecule has 13 heavy (non-hydrogen) atoms. The minimum Gasteiger partial charge on any atom is -0.198 e. The second kappa shape index (κ2) is 3.75. The zero-order chi connectivity index (χ0) is 10.1. The number of hydrogen-bond donors (Lipinski definition) is 0. The highest BCUT2D eigenvalue weighted by Gasteiger charge is 2.47. The van der Waals surface area contributed by atoms with Crippen LogP contribution in [-0.2, 0) is 0 Å². The molecular weight excluding hydrogens is 203 g/mol. The second-order valence-electron chi connectivity index (χ2n) is 3.29. The van der Waals surface area contributed by atoms with Crippen molar-refractivity contribution in [2.75, 3.05) is 0 Å². The number of halogens is 4. The first-order valence-electron chi connectivity index (χ1n) is 4.05. The van der Waals surface area contributed by atoms with Crippen molar-refractivity contribution in [3.63, 3.8) is 0 Å². The first kappa shape index (κ1) is 10.6. The van der Waals surface area contributed by atoms with Crippen molar-refractivity contribution in [3.05, 3.63) is 0 Å². The molecule has 1 fully saturated rings. The average Bonchev–Trinajstić information content (AvgIpc) is 2.01. The van der Waals surface area contributed by atoms with Gasteiger partial charge in [0.05, 0.1) is 17.9 Å². The number of alkyl halides is 4. The van der Waals surface area contributed by atoms with Crippen molar-refractivity contribution in [3.8, 4) is 6.07 Å². The van der Waals surface area contributed by atoms with E-state index in [-0.39, 0.29) is 18.2 Å². The van der Waals surface area contributed by atoms with Crippen LogP contribution in [0.1, 0.15) is 19.3 Å². The molecule has 0 amide bonds. The average molecular weight is 212 g/mol. The van der Waals surface area contributed by atoms with Crippen LogP contribution < -0.4 is 0 Å². The van der Waals surface area contributed by atoms with Crippen LogP contribution in [0.3, 0.4) is 0 Å². The lowest BCUT2D eigenvalue weighted by Crippen LogP contribution is -2.35. The predicted octanol–water partition coefficient (Wildman–Crippen LogP) is 3.10. The summed E-state index contributed by atoms with van der Waals surface area (Å²) >= 11 is 5.69. The molecule has 74 valence electrons. The fourth-order valence-electron chi connectivity index (χ4n) is 1.65. The molecule has 0 spiro atoms. The Balaban J connectivity index is 2.70. The molecule has 0 radical (unpaired) electrons. The zero-order valence-corrected chi connectivity index (χ0v) is 7.57. The van der Waals surface area contributed by atoms with Gasteiger partial charge in [-0.25, -0.2) is 0 Å². The van der Waals surface area contributed by atoms with E-state index < -0.39 is 18.0 Å². The topological polar surface area (TPSA) is 23.8 Å². The Kier molecular flexibility index (Phi) is 3.07. The highest BCUT2D eigenvalue weighted by atomic mass is 35.5. The van der Waals surface area contributed by atoms with Crippen LogP contribution >= 0.6 is 11.6 Å². The van der Waals surface area contributed by atoms with E-state index in [9.17, 15) is 13.2 Å². The highest BCUT2D eigenvalue weighted by molar-refractivity contribution is 6.20. The molecule has 1 aliphatic carbocycles. The first-order chi connectivity index (χ1) is 5.95. The Labute approximate surface area is 79.5 Å². The molecule has 0 saturated heterocycles. The fraction of sp³-hybridized carbons (Fsp3) is 0.875. The van der Waals surface area contributed by atoms with Gasteiger partial charge < -0.3 is 0 Å². The third-order valence-electron chi connectivity index (χ3n) is 2.37. The maximum atomic E-state index is 12.3. The maximum Gasteiger partial charge on any atom is 0.393 e. The van der Waals surface area contributed by atoms with Gasteiger partial charge in [-0.15, -0.1) is 11.6 Å². The molecule has 1 saturated carbocycles. The van der Waals surface area contributed by atoms with Crippen molar-refractivity contribution in [2.24, 2.45) is 11.8 Å². The van der Waals surface area contributed by atoms with Crippen LogP contribution in [0.15, 0.2) is 0 Å². The van der Waals surface area contributed by atoms with Gasteiger partial charge >= 0.3 is 6.18 Å². The summed E-state index contributed by atoms with van der Waals surface area (Å²) in [6.45, 7) is 0. The molecule has 5 heteroatoms. The van der Waals surface area contributed by atoms with Crippen molar-refractivity contribution < 1.29 is 13.2 Å². The molecule has 1 aliphatic rings. The molecular formula is C8H9ClF3N. The molecule has 0 bridgehead atoms. The standard InChI is InChI=1S/C8H9ClF3N/c9-6-1-2-7(8(10,11)12)5(3-6)4-13/h5-7H,1-3H2. The zero-order valence-electron chi connectivity index (χ0n) is 6.81. The van der Waals surface area contributed by atoms with Gasteiger partial charge in [0, 0.05) is 5.38 Å². The van der Waals surface area contributed by atoms with Crippen LogP contribution in [0.5, 0.6) is 0 Å². The Morgan fingerprint density at radius 2 is 1.92 bits per heavy atom. The summed E-state index contributed by atoms with van der Waals surface area (Å²) in [5.74, 6) is -2.44. The quantitative estimate of drug-likeness (QED) is 0.565. The maximum absolute atomic E-state index is 12.3. The van der Waals surface area contributed by atoms with Gasteiger partial charge in [0.2, 0.25) is 0 Å². The first-order valence-corrected chi connectivity index (χ1v) is 4.49. The highest BCUT2D eigenvalue weighted by Crippen LogP contribution is 2.42. The Hall–Kier alpha value is -0.430. The lowest BCUT2D eigenvalue weighted by Gasteiger charge is -2.30. The van der Waals surface area contributed by atoms with Crippen LogP contribution in [0.25, 0.3) is 0 Å². The van der Waals surface area contributed by atoms with E-state index in [0.717, 1.165) is 0 Å². The number of hydrogen-bond acceptors (Lipinski definition) is 1. The second-order valence-corrected chi connectivity index (χ2v) is 3.91. The summed E-state index contributed by atoms with van der Waals surface area (Å²) < 4.78 is 36.9. The largest absolute Gasteiger partial charge is 0.393 e. The summed E-state index contributed by atoms with van der Waals surface area (Å²) in [5.41, 5.74) is 0. The lowest BCUT2D eigenvalue weighted by molar-refractivity contribution is -0.190. The van der Waals surface area contributed by atoms with Crippen molar-refractivity contribution in [1.29, 1.82) is 5.26 Å². The molecule has 0 aromatic heterocycles. The number of rotatable bonds is 0. The Morgan fingerprint density at radius 3 is 2.38 bits per heavy atom. The molecule has 0 aromatic carbocycles. The normalized spacial score (nSPS) is 35.5. The van der Waals surface area contributed by atoms with E-state index >= 15 is 0 Å². The van der Waals surface area contributed by atoms with Gasteiger partial charge in [0.25, 0.3) is 0 Å². The Morgan fingerprint density at radius 1 is 1.31 bits per heavy atom. The van der Waals surface area contributed by atoms with Gasteiger partial charge in [-0.05, 0) is 19.3 Å². The van der Waals surface area contributed by atoms with E-state index in [0.29, 0.717) is 6.42 Å². The monoisotopic (exact) mass is 211 g/mol. The van der Waals surface area contributed by atoms with Crippen LogP contribution in [-0.4, -0.2) is 11.6 Å². The smallest absolute Gasteiger partial charge is 0.198 e. The van der Waals surface area contributed by atoms with Crippen LogP contribution in [0, 0.1) is 23.2 Å². The van der Waals surface area contributed by atoms with Gasteiger partial charge in [0.1, 0.15) is 0 Å². The number of nitriles is 1. The third kappa shape index (κ3) is 2.50. The minimum absolute atomic E-state index is 0.0180. The SMILES string of the molecule is N#CC1CC(Cl)CCC1C(F)(F)F. The van der Waals surface area contributed by atoms with Crippen molar-refractivity contribution in [1.82, 2.24) is 0 Å². The molecule has 1 nitrogen and oxygen atoms in total. The van der Waals surface area contributed by atoms with E-state index in [1.165, 1.54) is 0 Å². The van der Waals surface area contributed by atoms with Crippen LogP contribution in [0.2, 0.25) is 0 Å². The molecule has 0 aromatic rings. The molecule has 1 rings (SSSR count). The molecule has 0 aliphatic heterocycles. The molecule has 3 atom stereocenters. The number of nitrogens with zero attached hydrogens (tertiary/aromatic N) is 1. The predicted molar refractivity (Wildman–Crippen MR) is 42.1 cm³/mol. The summed E-state index contributed by atoms with van der Waals surface area (Å²) in [5, 5.41) is 8.26. The van der Waals surface area contributed by atoms with Gasteiger partial charge in [-0.3, -0.25) is 0 Å². The van der Waals surface area contributed by atoms with E-state index in [4.69, 9.17) is 16.9 Å². The van der Waals surface area contributed by atoms with Crippen molar-refractivity contribution >= 4 is 11.6 Å². The summed E-state index contributed by atoms with van der Waals surface area (Å²) in [4.78, 5) is 0. The van der Waals surface area contributed by atoms with Gasteiger partial charge in [-0.1, -0.05) is 0 Å². The van der Waals surface area contributed by atoms with Gasteiger partial charge in [0.15, 0.2) is 0 Å².